The minimum Gasteiger partial charge on any atom is -0.492 e. The zero-order chi connectivity index (χ0) is 39.4. The summed E-state index contributed by atoms with van der Waals surface area (Å²) < 4.78 is 23.0. The van der Waals surface area contributed by atoms with Crippen molar-refractivity contribution in [2.24, 2.45) is 11.8 Å². The van der Waals surface area contributed by atoms with Crippen LogP contribution in [0.15, 0.2) is 36.4 Å². The standard InChI is InChI=1S/C20H23N3O5.C18H21N3O4/c1-6-26-20(25)18-13(4)22-19(23(18)28-14(5)24)15-7-8-17(16(9-15)10-21)27-11-12(2)3;1-5-24-18(22)16-12(4)20-17(21(16)23)13-6-7-15(14(8-13)9-19)25-10-11(2)3/h7-9,12H,6,11H2,1-5H3;6-8,11,23H,5,10H2,1-4H3. The number of imidazole rings is 2. The summed E-state index contributed by atoms with van der Waals surface area (Å²) in [5.74, 6) is 0.000171. The van der Waals surface area contributed by atoms with Gasteiger partial charge in [-0.2, -0.15) is 15.3 Å². The number of esters is 2. The zero-order valence-corrected chi connectivity index (χ0v) is 31.3. The molecule has 4 aromatic rings. The van der Waals surface area contributed by atoms with E-state index in [1.165, 1.54) is 6.92 Å². The smallest absolute Gasteiger partial charge is 0.360 e. The van der Waals surface area contributed by atoms with Crippen LogP contribution in [0.1, 0.15) is 92.0 Å². The molecule has 0 amide bonds. The van der Waals surface area contributed by atoms with Gasteiger partial charge in [0.25, 0.3) is 0 Å². The van der Waals surface area contributed by atoms with Crippen molar-refractivity contribution >= 4 is 17.9 Å². The number of hydrogen-bond donors (Lipinski definition) is 1. The van der Waals surface area contributed by atoms with Crippen LogP contribution in [-0.4, -0.2) is 69.0 Å². The van der Waals surface area contributed by atoms with E-state index in [2.05, 4.69) is 22.1 Å². The van der Waals surface area contributed by atoms with Gasteiger partial charge in [-0.3, -0.25) is 0 Å². The normalized spacial score (nSPS) is 10.5. The third-order valence-electron chi connectivity index (χ3n) is 7.06. The Morgan fingerprint density at radius 1 is 0.755 bits per heavy atom. The van der Waals surface area contributed by atoms with Gasteiger partial charge in [0.2, 0.25) is 0 Å². The first-order valence-electron chi connectivity index (χ1n) is 16.9. The molecule has 0 spiro atoms. The fourth-order valence-corrected chi connectivity index (χ4v) is 4.76. The topological polar surface area (TPSA) is 201 Å². The number of hydrogen-bond acceptors (Lipinski definition) is 13. The van der Waals surface area contributed by atoms with E-state index in [-0.39, 0.29) is 36.3 Å². The van der Waals surface area contributed by atoms with Crippen LogP contribution in [0.2, 0.25) is 0 Å². The minimum atomic E-state index is -0.655. The van der Waals surface area contributed by atoms with Gasteiger partial charge in [-0.05, 0) is 75.9 Å². The Kier molecular flexibility index (Phi) is 14.5. The van der Waals surface area contributed by atoms with Crippen LogP contribution in [0.3, 0.4) is 0 Å². The zero-order valence-electron chi connectivity index (χ0n) is 31.3. The molecule has 2 aromatic carbocycles. The van der Waals surface area contributed by atoms with Gasteiger partial charge in [-0.15, -0.1) is 4.73 Å². The maximum absolute atomic E-state index is 12.3. The van der Waals surface area contributed by atoms with Gasteiger partial charge in [-0.25, -0.2) is 24.4 Å². The van der Waals surface area contributed by atoms with Crippen LogP contribution < -0.4 is 14.3 Å². The van der Waals surface area contributed by atoms with Gasteiger partial charge < -0.3 is 29.0 Å². The van der Waals surface area contributed by atoms with Crippen LogP contribution in [-0.2, 0) is 14.3 Å². The van der Waals surface area contributed by atoms with Gasteiger partial charge in [0.15, 0.2) is 23.0 Å². The summed E-state index contributed by atoms with van der Waals surface area (Å²) in [7, 11) is 0. The summed E-state index contributed by atoms with van der Waals surface area (Å²) in [6.45, 7) is 17.2. The molecule has 0 fully saturated rings. The van der Waals surface area contributed by atoms with Crippen molar-refractivity contribution in [3.8, 4) is 46.4 Å². The Balaban J connectivity index is 0.000000287. The lowest BCUT2D eigenvalue weighted by molar-refractivity contribution is -0.141. The van der Waals surface area contributed by atoms with Crippen molar-refractivity contribution in [2.75, 3.05) is 26.4 Å². The first kappa shape index (κ1) is 41.1. The van der Waals surface area contributed by atoms with Crippen LogP contribution in [0.4, 0.5) is 0 Å². The van der Waals surface area contributed by atoms with Crippen molar-refractivity contribution in [3.05, 3.63) is 70.3 Å². The molecule has 15 nitrogen and oxygen atoms in total. The molecule has 280 valence electrons. The quantitative estimate of drug-likeness (QED) is 0.122. The maximum atomic E-state index is 12.3. The molecule has 4 rings (SSSR count). The maximum Gasteiger partial charge on any atom is 0.360 e. The van der Waals surface area contributed by atoms with E-state index < -0.39 is 17.9 Å². The van der Waals surface area contributed by atoms with Crippen LogP contribution in [0.25, 0.3) is 22.8 Å². The fraction of sp³-hybridized carbons (Fsp3) is 0.395. The summed E-state index contributed by atoms with van der Waals surface area (Å²) in [4.78, 5) is 49.6. The number of nitrogens with zero attached hydrogens (tertiary/aromatic N) is 6. The highest BCUT2D eigenvalue weighted by molar-refractivity contribution is 5.90. The highest BCUT2D eigenvalue weighted by atomic mass is 16.7. The minimum absolute atomic E-state index is 0.0192. The lowest BCUT2D eigenvalue weighted by atomic mass is 10.1. The van der Waals surface area contributed by atoms with Gasteiger partial charge in [0.1, 0.15) is 23.6 Å². The average molecular weight is 729 g/mol. The SMILES string of the molecule is CCOC(=O)c1c(C)nc(-c2ccc(OCC(C)C)c(C#N)c2)n1O.CCOC(=O)c1c(C)nc(-c2ccc(OCC(C)C)c(C#N)c2)n1OC(C)=O. The average Bonchev–Trinajstić information content (AvgIpc) is 3.59. The van der Waals surface area contributed by atoms with Crippen molar-refractivity contribution in [3.63, 3.8) is 0 Å². The number of benzene rings is 2. The molecule has 0 atom stereocenters. The lowest BCUT2D eigenvalue weighted by Crippen LogP contribution is -2.23. The highest BCUT2D eigenvalue weighted by Crippen LogP contribution is 2.29. The van der Waals surface area contributed by atoms with Crippen molar-refractivity contribution in [1.82, 2.24) is 19.4 Å². The Morgan fingerprint density at radius 3 is 1.62 bits per heavy atom. The van der Waals surface area contributed by atoms with Gasteiger partial charge in [0.05, 0.1) is 48.9 Å². The molecule has 0 aliphatic rings. The van der Waals surface area contributed by atoms with E-state index in [9.17, 15) is 30.1 Å². The first-order chi connectivity index (χ1) is 25.2. The molecule has 1 N–H and O–H groups in total. The molecule has 2 heterocycles. The summed E-state index contributed by atoms with van der Waals surface area (Å²) in [6, 6.07) is 14.0. The number of carbonyl (C=O) groups excluding carboxylic acids is 3. The second-order valence-electron chi connectivity index (χ2n) is 12.4. The summed E-state index contributed by atoms with van der Waals surface area (Å²) in [5, 5.41) is 29.1. The van der Waals surface area contributed by atoms with Gasteiger partial charge >= 0.3 is 17.9 Å². The third-order valence-corrected chi connectivity index (χ3v) is 7.06. The van der Waals surface area contributed by atoms with Gasteiger partial charge in [-0.1, -0.05) is 27.7 Å². The number of aromatic nitrogens is 4. The lowest BCUT2D eigenvalue weighted by Gasteiger charge is -2.12. The van der Waals surface area contributed by atoms with Crippen molar-refractivity contribution < 1.29 is 43.4 Å². The Bertz CT molecular complexity index is 2030. The fourth-order valence-electron chi connectivity index (χ4n) is 4.76. The number of rotatable bonds is 13. The molecule has 0 radical (unpaired) electrons. The van der Waals surface area contributed by atoms with Crippen LogP contribution in [0.5, 0.6) is 11.5 Å². The Labute approximate surface area is 308 Å². The summed E-state index contributed by atoms with van der Waals surface area (Å²) >= 11 is 0. The van der Waals surface area contributed by atoms with Gasteiger partial charge in [0, 0.05) is 18.1 Å². The van der Waals surface area contributed by atoms with E-state index in [0.717, 1.165) is 4.73 Å². The second-order valence-corrected chi connectivity index (χ2v) is 12.4. The van der Waals surface area contributed by atoms with Crippen molar-refractivity contribution in [2.45, 2.75) is 62.3 Å². The molecule has 0 bridgehead atoms. The van der Waals surface area contributed by atoms with E-state index in [1.54, 1.807) is 64.1 Å². The van der Waals surface area contributed by atoms with Crippen LogP contribution in [0, 0.1) is 48.3 Å². The second kappa shape index (κ2) is 18.8. The predicted octanol–water partition coefficient (Wildman–Crippen LogP) is 6.10. The van der Waals surface area contributed by atoms with E-state index in [0.29, 0.717) is 74.9 Å². The summed E-state index contributed by atoms with van der Waals surface area (Å²) in [5.41, 5.74) is 2.30. The molecule has 0 aliphatic heterocycles. The van der Waals surface area contributed by atoms with E-state index >= 15 is 0 Å². The van der Waals surface area contributed by atoms with E-state index in [4.69, 9.17) is 23.8 Å². The largest absolute Gasteiger partial charge is 0.492 e. The Morgan fingerprint density at radius 2 is 1.19 bits per heavy atom. The summed E-state index contributed by atoms with van der Waals surface area (Å²) in [6.07, 6.45) is 0. The molecule has 15 heteroatoms. The number of carbonyl (C=O) groups is 3. The monoisotopic (exact) mass is 728 g/mol. The predicted molar refractivity (Wildman–Crippen MR) is 191 cm³/mol. The van der Waals surface area contributed by atoms with E-state index in [1.807, 2.05) is 27.7 Å². The third kappa shape index (κ3) is 10.4. The number of aryl methyl sites for hydroxylation is 2. The molecule has 2 aromatic heterocycles. The number of ether oxygens (including phenoxy) is 4. The first-order valence-corrected chi connectivity index (χ1v) is 16.9. The molecule has 0 saturated heterocycles. The highest BCUT2D eigenvalue weighted by Gasteiger charge is 2.26. The molecule has 0 saturated carbocycles. The molecule has 53 heavy (non-hydrogen) atoms. The molecule has 0 unspecified atom stereocenters. The molecule has 0 aliphatic carbocycles. The molecular formula is C38H44N6O9. The molecular weight excluding hydrogens is 684 g/mol. The number of nitriles is 2. The Hall–Kier alpha value is -6.35. The van der Waals surface area contributed by atoms with Crippen molar-refractivity contribution in [1.29, 1.82) is 10.5 Å². The van der Waals surface area contributed by atoms with Crippen LogP contribution >= 0.6 is 0 Å².